The zero-order valence-corrected chi connectivity index (χ0v) is 22.2. The summed E-state index contributed by atoms with van der Waals surface area (Å²) in [7, 11) is 0. The fourth-order valence-electron chi connectivity index (χ4n) is 2.98. The Bertz CT molecular complexity index is 790. The Hall–Kier alpha value is -3.71. The van der Waals surface area contributed by atoms with Crippen molar-refractivity contribution in [1.82, 2.24) is 10.6 Å². The Morgan fingerprint density at radius 2 is 1.68 bits per heavy atom. The predicted molar refractivity (Wildman–Crippen MR) is 153 cm³/mol. The van der Waals surface area contributed by atoms with E-state index in [1.807, 2.05) is 24.3 Å². The number of aliphatic imine (C=N–C) groups is 3. The number of rotatable bonds is 24. The predicted octanol–water partition coefficient (Wildman–Crippen LogP) is -0.514. The number of allylic oxidation sites excluding steroid dienone is 5. The van der Waals surface area contributed by atoms with E-state index in [0.29, 0.717) is 71.7 Å². The highest BCUT2D eigenvalue weighted by atomic mass is 16.5. The number of nitrogens with one attached hydrogen (secondary N) is 2. The first kappa shape index (κ1) is 34.3. The minimum absolute atomic E-state index is 0.0348. The van der Waals surface area contributed by atoms with E-state index in [0.717, 1.165) is 12.8 Å². The van der Waals surface area contributed by atoms with Crippen LogP contribution in [0.4, 0.5) is 0 Å². The molecule has 0 saturated carbocycles. The van der Waals surface area contributed by atoms with Crippen LogP contribution in [0.25, 0.3) is 0 Å². The number of hydrogen-bond donors (Lipinski definition) is 6. The molecule has 0 heterocycles. The van der Waals surface area contributed by atoms with Gasteiger partial charge >= 0.3 is 0 Å². The zero-order chi connectivity index (χ0) is 28.3. The van der Waals surface area contributed by atoms with Gasteiger partial charge < -0.3 is 43.0 Å². The number of ether oxygens (including phenoxy) is 2. The van der Waals surface area contributed by atoms with Crippen LogP contribution in [0.2, 0.25) is 0 Å². The van der Waals surface area contributed by atoms with Gasteiger partial charge in [0.05, 0.1) is 39.0 Å². The minimum atomic E-state index is -0.680. The normalized spacial score (nSPS) is 12.8. The monoisotopic (exact) mass is 535 g/mol. The minimum Gasteiger partial charge on any atom is -0.377 e. The maximum Gasteiger partial charge on any atom is 0.245 e. The maximum absolute atomic E-state index is 12.4. The Labute approximate surface area is 225 Å². The molecule has 38 heavy (non-hydrogen) atoms. The van der Waals surface area contributed by atoms with E-state index in [2.05, 4.69) is 32.2 Å². The van der Waals surface area contributed by atoms with Crippen LogP contribution in [0.1, 0.15) is 32.1 Å². The summed E-state index contributed by atoms with van der Waals surface area (Å²) in [6.07, 6.45) is 15.2. The molecule has 0 saturated heterocycles. The summed E-state index contributed by atoms with van der Waals surface area (Å²) in [5.74, 6) is -0.388. The van der Waals surface area contributed by atoms with Crippen molar-refractivity contribution in [1.29, 1.82) is 0 Å². The van der Waals surface area contributed by atoms with Crippen LogP contribution >= 0.6 is 0 Å². The van der Waals surface area contributed by atoms with E-state index < -0.39 is 6.04 Å². The molecule has 0 aromatic heterocycles. The van der Waals surface area contributed by atoms with E-state index in [9.17, 15) is 9.59 Å². The average Bonchev–Trinajstić information content (AvgIpc) is 2.87. The van der Waals surface area contributed by atoms with Gasteiger partial charge in [0.1, 0.15) is 6.04 Å². The lowest BCUT2D eigenvalue weighted by Crippen LogP contribution is -2.38. The molecule has 0 fully saturated rings. The molecule has 10 N–H and O–H groups in total. The number of nitrogens with zero attached hydrogens (tertiary/aromatic N) is 3. The molecule has 13 heteroatoms. The van der Waals surface area contributed by atoms with Crippen LogP contribution in [-0.2, 0) is 19.1 Å². The molecule has 0 aromatic carbocycles. The van der Waals surface area contributed by atoms with Gasteiger partial charge in [0, 0.05) is 19.3 Å². The molecule has 0 bridgehead atoms. The van der Waals surface area contributed by atoms with Crippen LogP contribution in [0.15, 0.2) is 51.9 Å². The van der Waals surface area contributed by atoms with E-state index in [4.69, 9.17) is 32.4 Å². The molecule has 2 unspecified atom stereocenters. The van der Waals surface area contributed by atoms with E-state index >= 15 is 0 Å². The van der Waals surface area contributed by atoms with Gasteiger partial charge in [-0.1, -0.05) is 37.0 Å². The van der Waals surface area contributed by atoms with Crippen molar-refractivity contribution in [2.24, 2.45) is 37.9 Å². The summed E-state index contributed by atoms with van der Waals surface area (Å²) in [5, 5.41) is 5.50. The Morgan fingerprint density at radius 1 is 0.921 bits per heavy atom. The molecular weight excluding hydrogens is 490 g/mol. The Morgan fingerprint density at radius 3 is 2.37 bits per heavy atom. The summed E-state index contributed by atoms with van der Waals surface area (Å²) in [6.45, 7) is 6.41. The first-order chi connectivity index (χ1) is 18.4. The summed E-state index contributed by atoms with van der Waals surface area (Å²) < 4.78 is 11.0. The molecule has 13 nitrogen and oxygen atoms in total. The number of hydrogen-bond acceptors (Lipinski definition) is 7. The molecule has 0 aliphatic heterocycles. The molecule has 2 atom stereocenters. The van der Waals surface area contributed by atoms with Crippen LogP contribution in [0, 0.1) is 0 Å². The Balaban J connectivity index is 3.98. The summed E-state index contributed by atoms with van der Waals surface area (Å²) in [5.41, 5.74) is 21.5. The highest BCUT2D eigenvalue weighted by Crippen LogP contribution is 2.05. The second kappa shape index (κ2) is 25.0. The van der Waals surface area contributed by atoms with Gasteiger partial charge in [-0.15, -0.1) is 0 Å². The van der Waals surface area contributed by atoms with Crippen LogP contribution < -0.4 is 33.6 Å². The van der Waals surface area contributed by atoms with Gasteiger partial charge in [-0.3, -0.25) is 19.6 Å². The third kappa shape index (κ3) is 22.7. The highest BCUT2D eigenvalue weighted by molar-refractivity contribution is 5.86. The number of carbonyl (C=O) groups is 2. The first-order valence-corrected chi connectivity index (χ1v) is 12.6. The van der Waals surface area contributed by atoms with Gasteiger partial charge in [-0.25, -0.2) is 4.99 Å². The molecule has 2 amide bonds. The van der Waals surface area contributed by atoms with E-state index in [1.54, 1.807) is 12.3 Å². The molecule has 214 valence electrons. The molecule has 0 aliphatic rings. The van der Waals surface area contributed by atoms with Crippen LogP contribution in [-0.4, -0.2) is 88.6 Å². The third-order valence-corrected chi connectivity index (χ3v) is 4.78. The van der Waals surface area contributed by atoms with Gasteiger partial charge in [0.2, 0.25) is 12.3 Å². The summed E-state index contributed by atoms with van der Waals surface area (Å²) in [4.78, 5) is 35.3. The SMILES string of the molecule is C=C/C=C\C=C/CCC(C=NCCOCCOCCNC(=O)C(CCCCN=C(N)N)N=C(N)N)NC=O. The highest BCUT2D eigenvalue weighted by Gasteiger charge is 2.16. The summed E-state index contributed by atoms with van der Waals surface area (Å²) in [6, 6.07) is -0.810. The number of guanidine groups is 2. The van der Waals surface area contributed by atoms with Crippen molar-refractivity contribution in [2.45, 2.75) is 44.2 Å². The van der Waals surface area contributed by atoms with E-state index in [1.165, 1.54) is 0 Å². The lowest BCUT2D eigenvalue weighted by atomic mass is 10.1. The maximum atomic E-state index is 12.4. The largest absolute Gasteiger partial charge is 0.377 e. The lowest BCUT2D eigenvalue weighted by Gasteiger charge is -2.13. The smallest absolute Gasteiger partial charge is 0.245 e. The molecule has 0 aliphatic carbocycles. The third-order valence-electron chi connectivity index (χ3n) is 4.78. The second-order valence-corrected chi connectivity index (χ2v) is 7.96. The lowest BCUT2D eigenvalue weighted by molar-refractivity contribution is -0.122. The van der Waals surface area contributed by atoms with Crippen molar-refractivity contribution in [3.8, 4) is 0 Å². The topological polar surface area (TPSA) is 218 Å². The fourth-order valence-corrected chi connectivity index (χ4v) is 2.98. The number of nitrogens with two attached hydrogens (primary N) is 4. The number of unbranched alkanes of at least 4 members (excludes halogenated alkanes) is 1. The van der Waals surface area contributed by atoms with Crippen molar-refractivity contribution in [3.63, 3.8) is 0 Å². The van der Waals surface area contributed by atoms with Crippen molar-refractivity contribution < 1.29 is 19.1 Å². The van der Waals surface area contributed by atoms with Gasteiger partial charge in [0.15, 0.2) is 11.9 Å². The molecule has 0 spiro atoms. The molecular formula is C25H45N9O4. The van der Waals surface area contributed by atoms with Crippen molar-refractivity contribution in [3.05, 3.63) is 37.0 Å². The molecule has 0 rings (SSSR count). The first-order valence-electron chi connectivity index (χ1n) is 12.6. The molecule has 0 radical (unpaired) electrons. The average molecular weight is 536 g/mol. The van der Waals surface area contributed by atoms with Gasteiger partial charge in [-0.05, 0) is 32.1 Å². The fraction of sp³-hybridized carbons (Fsp3) is 0.560. The van der Waals surface area contributed by atoms with Crippen molar-refractivity contribution in [2.75, 3.05) is 46.1 Å². The van der Waals surface area contributed by atoms with E-state index in [-0.39, 0.29) is 23.9 Å². The number of carbonyl (C=O) groups excluding carboxylic acids is 2. The zero-order valence-electron chi connectivity index (χ0n) is 22.2. The van der Waals surface area contributed by atoms with Crippen LogP contribution in [0.3, 0.4) is 0 Å². The molecule has 0 aromatic rings. The van der Waals surface area contributed by atoms with Crippen molar-refractivity contribution >= 4 is 30.5 Å². The quantitative estimate of drug-likeness (QED) is 0.0310. The van der Waals surface area contributed by atoms with Gasteiger partial charge in [0.25, 0.3) is 0 Å². The van der Waals surface area contributed by atoms with Gasteiger partial charge in [-0.2, -0.15) is 0 Å². The number of amides is 2. The standard InChI is InChI=1S/C25H45N9O4/c1-2-3-4-5-6-7-10-21(33-20-35)19-30-13-15-37-17-18-38-16-14-31-23(36)22(34-25(28)29)11-8-9-12-32-24(26)27/h2-6,19-22H,1,7-18H2,(H,31,36)(H,33,35)(H4,26,27,32)(H4,28,29,34)/b4-3-,6-5-,30-19?. The Kier molecular flexibility index (Phi) is 22.5. The van der Waals surface area contributed by atoms with Crippen LogP contribution in [0.5, 0.6) is 0 Å². The second-order valence-electron chi connectivity index (χ2n) is 7.96. The summed E-state index contributed by atoms with van der Waals surface area (Å²) >= 11 is 0.